The van der Waals surface area contributed by atoms with Crippen LogP contribution in [0.1, 0.15) is 11.6 Å². The molecular weight excluding hydrogens is 328 g/mol. The van der Waals surface area contributed by atoms with Crippen molar-refractivity contribution in [2.75, 3.05) is 25.1 Å². The molecule has 0 saturated heterocycles. The van der Waals surface area contributed by atoms with Crippen molar-refractivity contribution < 1.29 is 4.74 Å². The van der Waals surface area contributed by atoms with Crippen molar-refractivity contribution in [3.63, 3.8) is 0 Å². The number of methoxy groups -OCH3 is 1. The van der Waals surface area contributed by atoms with Gasteiger partial charge < -0.3 is 21.1 Å². The Morgan fingerprint density at radius 1 is 1.38 bits per heavy atom. The maximum atomic E-state index is 6.17. The third kappa shape index (κ3) is 3.37. The molecule has 0 aliphatic carbocycles. The zero-order chi connectivity index (χ0) is 17.1. The molecule has 0 amide bonds. The minimum Gasteiger partial charge on any atom is -0.497 e. The number of halogens is 1. The average Bonchev–Trinajstić information content (AvgIpc) is 3.05. The summed E-state index contributed by atoms with van der Waals surface area (Å²) >= 11 is 6.17. The molecule has 2 heterocycles. The Bertz CT molecular complexity index is 785. The largest absolute Gasteiger partial charge is 0.497 e. The van der Waals surface area contributed by atoms with E-state index in [1.807, 2.05) is 34.1 Å². The zero-order valence-electron chi connectivity index (χ0n) is 13.3. The predicted molar refractivity (Wildman–Crippen MR) is 95.5 cm³/mol. The van der Waals surface area contributed by atoms with Crippen LogP contribution in [0.3, 0.4) is 0 Å². The normalized spacial score (nSPS) is 15.3. The van der Waals surface area contributed by atoms with Crippen molar-refractivity contribution in [1.82, 2.24) is 9.78 Å². The van der Waals surface area contributed by atoms with Crippen LogP contribution in [0, 0.1) is 0 Å². The lowest BCUT2D eigenvalue weighted by Crippen LogP contribution is -2.32. The maximum absolute atomic E-state index is 6.17. The van der Waals surface area contributed by atoms with Gasteiger partial charge in [-0.15, -0.1) is 0 Å². The van der Waals surface area contributed by atoms with E-state index in [1.165, 1.54) is 0 Å². The lowest BCUT2D eigenvalue weighted by Gasteiger charge is -2.20. The number of aliphatic imine (C=N–C) groups is 1. The summed E-state index contributed by atoms with van der Waals surface area (Å²) in [6.45, 7) is 0.907. The minimum absolute atomic E-state index is 0.147. The number of nitrogens with zero attached hydrogens (tertiary/aromatic N) is 4. The van der Waals surface area contributed by atoms with Crippen LogP contribution in [0.4, 0.5) is 5.69 Å². The summed E-state index contributed by atoms with van der Waals surface area (Å²) < 4.78 is 7.09. The van der Waals surface area contributed by atoms with Crippen molar-refractivity contribution >= 4 is 23.1 Å². The molecule has 1 atom stereocenters. The summed E-state index contributed by atoms with van der Waals surface area (Å²) in [5.41, 5.74) is 13.6. The first-order valence-corrected chi connectivity index (χ1v) is 7.82. The summed E-state index contributed by atoms with van der Waals surface area (Å²) in [4.78, 5) is 6.01. The first kappa shape index (κ1) is 16.4. The van der Waals surface area contributed by atoms with Crippen LogP contribution >= 0.6 is 11.6 Å². The van der Waals surface area contributed by atoms with Gasteiger partial charge in [0.15, 0.2) is 0 Å². The number of anilines is 1. The van der Waals surface area contributed by atoms with Crippen LogP contribution < -0.4 is 21.1 Å². The fourth-order valence-corrected chi connectivity index (χ4v) is 2.83. The molecule has 1 aliphatic heterocycles. The van der Waals surface area contributed by atoms with E-state index in [4.69, 9.17) is 27.8 Å². The number of aromatic nitrogens is 2. The fraction of sp³-hybridized carbons (Fsp3) is 0.250. The van der Waals surface area contributed by atoms with Crippen LogP contribution in [-0.2, 0) is 0 Å². The van der Waals surface area contributed by atoms with Gasteiger partial charge in [0.2, 0.25) is 0 Å². The summed E-state index contributed by atoms with van der Waals surface area (Å²) in [6, 6.07) is 5.39. The predicted octanol–water partition coefficient (Wildman–Crippen LogP) is 1.74. The quantitative estimate of drug-likeness (QED) is 0.860. The van der Waals surface area contributed by atoms with E-state index in [9.17, 15) is 0 Å². The highest BCUT2D eigenvalue weighted by Crippen LogP contribution is 2.27. The van der Waals surface area contributed by atoms with E-state index in [0.717, 1.165) is 11.3 Å². The standard InChI is InChI=1S/C16H19ClN6O/c1-24-14-5-11(4-12(17)6-14)15(7-18)23-9-13(8-21-23)22-3-2-20-16(19)10-22/h2-6,8-9,15H,7,10,18H2,1H3,(H2,19,20). The van der Waals surface area contributed by atoms with E-state index in [0.29, 0.717) is 29.7 Å². The summed E-state index contributed by atoms with van der Waals surface area (Å²) in [5.74, 6) is 1.24. The first-order valence-electron chi connectivity index (χ1n) is 7.45. The SMILES string of the molecule is COc1cc(Cl)cc(C(CN)n2cc(N3C=CN=C(N)C3)cn2)c1. The third-order valence-corrected chi connectivity index (χ3v) is 4.01. The van der Waals surface area contributed by atoms with Crippen molar-refractivity contribution in [3.8, 4) is 5.75 Å². The van der Waals surface area contributed by atoms with Gasteiger partial charge in [-0.25, -0.2) is 4.99 Å². The van der Waals surface area contributed by atoms with Gasteiger partial charge in [-0.1, -0.05) is 11.6 Å². The Hall–Kier alpha value is -2.51. The Labute approximate surface area is 145 Å². The monoisotopic (exact) mass is 346 g/mol. The Morgan fingerprint density at radius 3 is 2.92 bits per heavy atom. The van der Waals surface area contributed by atoms with Gasteiger partial charge in [-0.2, -0.15) is 5.10 Å². The number of ether oxygens (including phenoxy) is 1. The van der Waals surface area contributed by atoms with Gasteiger partial charge in [0.25, 0.3) is 0 Å². The molecule has 24 heavy (non-hydrogen) atoms. The summed E-state index contributed by atoms with van der Waals surface area (Å²) in [5, 5.41) is 5.04. The number of amidine groups is 1. The summed E-state index contributed by atoms with van der Waals surface area (Å²) in [6.07, 6.45) is 7.22. The molecule has 0 saturated carbocycles. The molecule has 1 aromatic heterocycles. The van der Waals surface area contributed by atoms with Crippen molar-refractivity contribution in [2.24, 2.45) is 16.5 Å². The Kier molecular flexibility index (Phi) is 4.73. The third-order valence-electron chi connectivity index (χ3n) is 3.80. The van der Waals surface area contributed by atoms with E-state index in [2.05, 4.69) is 10.1 Å². The van der Waals surface area contributed by atoms with E-state index < -0.39 is 0 Å². The van der Waals surface area contributed by atoms with E-state index >= 15 is 0 Å². The molecule has 2 aromatic rings. The molecule has 1 aliphatic rings. The lowest BCUT2D eigenvalue weighted by atomic mass is 10.1. The number of rotatable bonds is 5. The fourth-order valence-electron chi connectivity index (χ4n) is 2.59. The number of hydrogen-bond donors (Lipinski definition) is 2. The second-order valence-electron chi connectivity index (χ2n) is 5.40. The number of hydrogen-bond acceptors (Lipinski definition) is 6. The highest BCUT2D eigenvalue weighted by molar-refractivity contribution is 6.30. The Balaban J connectivity index is 1.88. The van der Waals surface area contributed by atoms with Crippen LogP contribution in [0.5, 0.6) is 5.75 Å². The van der Waals surface area contributed by atoms with Gasteiger partial charge in [0, 0.05) is 30.2 Å². The van der Waals surface area contributed by atoms with Crippen LogP contribution in [-0.4, -0.2) is 35.8 Å². The Morgan fingerprint density at radius 2 is 2.21 bits per heavy atom. The van der Waals surface area contributed by atoms with Crippen molar-refractivity contribution in [2.45, 2.75) is 6.04 Å². The zero-order valence-corrected chi connectivity index (χ0v) is 14.0. The van der Waals surface area contributed by atoms with Crippen molar-refractivity contribution in [3.05, 3.63) is 53.6 Å². The number of nitrogens with two attached hydrogens (primary N) is 2. The molecule has 0 bridgehead atoms. The topological polar surface area (TPSA) is 94.7 Å². The molecule has 7 nitrogen and oxygen atoms in total. The molecular formula is C16H19ClN6O. The van der Waals surface area contributed by atoms with Gasteiger partial charge in [0.1, 0.15) is 11.6 Å². The molecule has 0 radical (unpaired) electrons. The first-order chi connectivity index (χ1) is 11.6. The van der Waals surface area contributed by atoms with E-state index in [1.54, 1.807) is 25.6 Å². The second kappa shape index (κ2) is 6.94. The molecule has 1 unspecified atom stereocenters. The maximum Gasteiger partial charge on any atom is 0.120 e. The van der Waals surface area contributed by atoms with Crippen LogP contribution in [0.15, 0.2) is 48.0 Å². The second-order valence-corrected chi connectivity index (χ2v) is 5.84. The lowest BCUT2D eigenvalue weighted by molar-refractivity contribution is 0.413. The number of benzene rings is 1. The molecule has 0 fully saturated rings. The molecule has 126 valence electrons. The highest BCUT2D eigenvalue weighted by Gasteiger charge is 2.17. The van der Waals surface area contributed by atoms with Gasteiger partial charge in [-0.05, 0) is 23.8 Å². The molecule has 3 rings (SSSR count). The molecule has 1 aromatic carbocycles. The minimum atomic E-state index is -0.147. The van der Waals surface area contributed by atoms with Gasteiger partial charge in [0.05, 0.1) is 31.6 Å². The van der Waals surface area contributed by atoms with Crippen molar-refractivity contribution in [1.29, 1.82) is 0 Å². The van der Waals surface area contributed by atoms with Crippen LogP contribution in [0.2, 0.25) is 5.02 Å². The average molecular weight is 347 g/mol. The van der Waals surface area contributed by atoms with Crippen LogP contribution in [0.25, 0.3) is 0 Å². The van der Waals surface area contributed by atoms with E-state index in [-0.39, 0.29) is 6.04 Å². The highest BCUT2D eigenvalue weighted by atomic mass is 35.5. The van der Waals surface area contributed by atoms with Gasteiger partial charge >= 0.3 is 0 Å². The molecule has 8 heteroatoms. The molecule has 4 N–H and O–H groups in total. The smallest absolute Gasteiger partial charge is 0.120 e. The van der Waals surface area contributed by atoms with Gasteiger partial charge in [-0.3, -0.25) is 4.68 Å². The molecule has 0 spiro atoms. The summed E-state index contributed by atoms with van der Waals surface area (Å²) in [7, 11) is 1.60.